The van der Waals surface area contributed by atoms with Crippen LogP contribution in [0.5, 0.6) is 5.88 Å². The molecule has 0 saturated heterocycles. The summed E-state index contributed by atoms with van der Waals surface area (Å²) in [5.41, 5.74) is 0.0705. The van der Waals surface area contributed by atoms with Gasteiger partial charge in [-0.25, -0.2) is 9.97 Å². The Kier molecular flexibility index (Phi) is 2.89. The van der Waals surface area contributed by atoms with E-state index in [4.69, 9.17) is 9.26 Å². The van der Waals surface area contributed by atoms with Crippen molar-refractivity contribution < 1.29 is 19.2 Å². The van der Waals surface area contributed by atoms with Gasteiger partial charge < -0.3 is 14.4 Å². The Morgan fingerprint density at radius 2 is 2.19 bits per heavy atom. The first-order valence-electron chi connectivity index (χ1n) is 6.38. The average molecular weight is 290 g/mol. The van der Waals surface area contributed by atoms with Gasteiger partial charge in [-0.05, 0) is 5.41 Å². The maximum Gasteiger partial charge on any atom is 0.307 e. The van der Waals surface area contributed by atoms with Gasteiger partial charge in [-0.3, -0.25) is 4.79 Å². The molecule has 1 aliphatic rings. The SMILES string of the molecule is COc1cc(-c2noc(C3C(C(=O)O)C3(C)C)n2)ncn1. The maximum absolute atomic E-state index is 11.2. The summed E-state index contributed by atoms with van der Waals surface area (Å²) in [6.07, 6.45) is 1.34. The third-order valence-corrected chi connectivity index (χ3v) is 3.88. The molecule has 8 heteroatoms. The molecular formula is C13H14N4O4. The quantitative estimate of drug-likeness (QED) is 0.898. The fraction of sp³-hybridized carbons (Fsp3) is 0.462. The van der Waals surface area contributed by atoms with Crippen molar-refractivity contribution in [3.63, 3.8) is 0 Å². The number of aliphatic carboxylic acids is 1. The molecule has 8 nitrogen and oxygen atoms in total. The van der Waals surface area contributed by atoms with Crippen molar-refractivity contribution in [3.8, 4) is 17.4 Å². The molecule has 2 heterocycles. The fourth-order valence-electron chi connectivity index (χ4n) is 2.60. The molecule has 110 valence electrons. The zero-order valence-corrected chi connectivity index (χ0v) is 11.8. The molecule has 0 spiro atoms. The monoisotopic (exact) mass is 290 g/mol. The molecule has 2 atom stereocenters. The minimum atomic E-state index is -0.853. The van der Waals surface area contributed by atoms with Crippen molar-refractivity contribution in [3.05, 3.63) is 18.3 Å². The molecule has 21 heavy (non-hydrogen) atoms. The number of ether oxygens (including phenoxy) is 1. The highest BCUT2D eigenvalue weighted by atomic mass is 16.5. The van der Waals surface area contributed by atoms with E-state index in [0.717, 1.165) is 0 Å². The van der Waals surface area contributed by atoms with E-state index in [1.807, 2.05) is 13.8 Å². The molecule has 1 fully saturated rings. The Balaban J connectivity index is 1.89. The maximum atomic E-state index is 11.2. The van der Waals surface area contributed by atoms with Gasteiger partial charge in [0.1, 0.15) is 12.0 Å². The number of hydrogen-bond donors (Lipinski definition) is 1. The molecule has 1 saturated carbocycles. The van der Waals surface area contributed by atoms with Crippen molar-refractivity contribution in [2.45, 2.75) is 19.8 Å². The molecule has 3 rings (SSSR count). The Hall–Kier alpha value is -2.51. The average Bonchev–Trinajstić information content (AvgIpc) is 2.84. The van der Waals surface area contributed by atoms with E-state index in [0.29, 0.717) is 17.5 Å². The molecule has 1 N–H and O–H groups in total. The number of carbonyl (C=O) groups is 1. The first-order chi connectivity index (χ1) is 9.95. The van der Waals surface area contributed by atoms with Crippen molar-refractivity contribution >= 4 is 5.97 Å². The first kappa shape index (κ1) is 13.5. The van der Waals surface area contributed by atoms with Crippen LogP contribution in [0.1, 0.15) is 25.7 Å². The van der Waals surface area contributed by atoms with Crippen molar-refractivity contribution in [1.29, 1.82) is 0 Å². The molecular weight excluding hydrogens is 276 g/mol. The number of methoxy groups -OCH3 is 1. The number of aromatic nitrogens is 4. The van der Waals surface area contributed by atoms with Crippen molar-refractivity contribution in [2.24, 2.45) is 11.3 Å². The lowest BCUT2D eigenvalue weighted by molar-refractivity contribution is -0.139. The second kappa shape index (κ2) is 4.51. The minimum Gasteiger partial charge on any atom is -0.481 e. The predicted molar refractivity (Wildman–Crippen MR) is 69.5 cm³/mol. The van der Waals surface area contributed by atoms with Crippen LogP contribution in [-0.2, 0) is 4.79 Å². The smallest absolute Gasteiger partial charge is 0.307 e. The first-order valence-corrected chi connectivity index (χ1v) is 6.38. The van der Waals surface area contributed by atoms with Crippen molar-refractivity contribution in [1.82, 2.24) is 20.1 Å². The Morgan fingerprint density at radius 1 is 1.43 bits per heavy atom. The highest BCUT2D eigenvalue weighted by molar-refractivity contribution is 5.77. The Labute approximate surface area is 120 Å². The summed E-state index contributed by atoms with van der Waals surface area (Å²) in [6.45, 7) is 3.74. The summed E-state index contributed by atoms with van der Waals surface area (Å²) < 4.78 is 10.2. The van der Waals surface area contributed by atoms with Gasteiger partial charge >= 0.3 is 5.97 Å². The summed E-state index contributed by atoms with van der Waals surface area (Å²) in [4.78, 5) is 23.4. The number of rotatable bonds is 4. The van der Waals surface area contributed by atoms with Gasteiger partial charge in [0.15, 0.2) is 0 Å². The van der Waals surface area contributed by atoms with E-state index in [2.05, 4.69) is 20.1 Å². The van der Waals surface area contributed by atoms with Crippen LogP contribution >= 0.6 is 0 Å². The van der Waals surface area contributed by atoms with Crippen LogP contribution in [0.4, 0.5) is 0 Å². The molecule has 0 radical (unpaired) electrons. The number of nitrogens with zero attached hydrogens (tertiary/aromatic N) is 4. The normalized spacial score (nSPS) is 22.8. The van der Waals surface area contributed by atoms with Gasteiger partial charge in [-0.1, -0.05) is 19.0 Å². The van der Waals surface area contributed by atoms with Gasteiger partial charge in [0.25, 0.3) is 0 Å². The van der Waals surface area contributed by atoms with Crippen LogP contribution < -0.4 is 4.74 Å². The van der Waals surface area contributed by atoms with Crippen molar-refractivity contribution in [2.75, 3.05) is 7.11 Å². The van der Waals surface area contributed by atoms with Gasteiger partial charge in [-0.15, -0.1) is 0 Å². The Bertz CT molecular complexity index is 697. The fourth-order valence-corrected chi connectivity index (χ4v) is 2.60. The molecule has 2 aromatic rings. The van der Waals surface area contributed by atoms with Gasteiger partial charge in [0, 0.05) is 6.07 Å². The molecule has 1 aliphatic carbocycles. The van der Waals surface area contributed by atoms with Crippen LogP contribution in [0.3, 0.4) is 0 Å². The zero-order chi connectivity index (χ0) is 15.2. The van der Waals surface area contributed by atoms with E-state index in [9.17, 15) is 9.90 Å². The van der Waals surface area contributed by atoms with E-state index in [-0.39, 0.29) is 17.2 Å². The van der Waals surface area contributed by atoms with E-state index < -0.39 is 11.9 Å². The lowest BCUT2D eigenvalue weighted by Gasteiger charge is -1.98. The second-order valence-electron chi connectivity index (χ2n) is 5.52. The van der Waals surface area contributed by atoms with E-state index >= 15 is 0 Å². The van der Waals surface area contributed by atoms with Gasteiger partial charge in [-0.2, -0.15) is 4.98 Å². The molecule has 0 aromatic carbocycles. The topological polar surface area (TPSA) is 111 Å². The van der Waals surface area contributed by atoms with Crippen LogP contribution in [0.25, 0.3) is 11.5 Å². The van der Waals surface area contributed by atoms with Crippen LogP contribution in [0.2, 0.25) is 0 Å². The molecule has 0 aliphatic heterocycles. The number of hydrogen-bond acceptors (Lipinski definition) is 7. The third-order valence-electron chi connectivity index (χ3n) is 3.88. The second-order valence-corrected chi connectivity index (χ2v) is 5.52. The van der Waals surface area contributed by atoms with Crippen LogP contribution in [0, 0.1) is 11.3 Å². The summed E-state index contributed by atoms with van der Waals surface area (Å²) in [6, 6.07) is 1.58. The summed E-state index contributed by atoms with van der Waals surface area (Å²) >= 11 is 0. The summed E-state index contributed by atoms with van der Waals surface area (Å²) in [7, 11) is 1.50. The van der Waals surface area contributed by atoms with E-state index in [1.165, 1.54) is 13.4 Å². The summed E-state index contributed by atoms with van der Waals surface area (Å²) in [5.74, 6) is -0.641. The summed E-state index contributed by atoms with van der Waals surface area (Å²) in [5, 5.41) is 13.0. The predicted octanol–water partition coefficient (Wildman–Crippen LogP) is 1.36. The van der Waals surface area contributed by atoms with Crippen LogP contribution in [0.15, 0.2) is 16.9 Å². The van der Waals surface area contributed by atoms with Gasteiger partial charge in [0.2, 0.25) is 17.6 Å². The van der Waals surface area contributed by atoms with Crippen LogP contribution in [-0.4, -0.2) is 38.3 Å². The largest absolute Gasteiger partial charge is 0.481 e. The standard InChI is InChI=1S/C13H14N4O4/c1-13(2)8(9(13)12(18)19)11-16-10(17-21-11)6-4-7(20-3)15-5-14-6/h4-5,8-9H,1-3H3,(H,18,19). The van der Waals surface area contributed by atoms with E-state index in [1.54, 1.807) is 6.07 Å². The lowest BCUT2D eigenvalue weighted by Crippen LogP contribution is -2.03. The zero-order valence-electron chi connectivity index (χ0n) is 11.8. The minimum absolute atomic E-state index is 0.278. The molecule has 2 aromatic heterocycles. The third kappa shape index (κ3) is 2.12. The van der Waals surface area contributed by atoms with Gasteiger partial charge in [0.05, 0.1) is 18.9 Å². The molecule has 0 amide bonds. The molecule has 2 unspecified atom stereocenters. The lowest BCUT2D eigenvalue weighted by atomic mass is 10.1. The highest BCUT2D eigenvalue weighted by Gasteiger charge is 2.65. The number of carboxylic acid groups (broad SMARTS) is 1. The Morgan fingerprint density at radius 3 is 2.81 bits per heavy atom. The molecule has 0 bridgehead atoms. The highest BCUT2D eigenvalue weighted by Crippen LogP contribution is 2.64. The number of carboxylic acids is 1.